The van der Waals surface area contributed by atoms with E-state index in [1.807, 2.05) is 30.0 Å². The van der Waals surface area contributed by atoms with Crippen LogP contribution in [0.2, 0.25) is 5.02 Å². The van der Waals surface area contributed by atoms with Gasteiger partial charge in [0.2, 0.25) is 5.91 Å². The van der Waals surface area contributed by atoms with E-state index in [9.17, 15) is 18.0 Å². The van der Waals surface area contributed by atoms with E-state index in [-0.39, 0.29) is 17.7 Å². The van der Waals surface area contributed by atoms with Crippen molar-refractivity contribution in [2.45, 2.75) is 25.4 Å². The molecule has 1 heterocycles. The van der Waals surface area contributed by atoms with Gasteiger partial charge >= 0.3 is 6.18 Å². The van der Waals surface area contributed by atoms with Crippen LogP contribution in [-0.2, 0) is 11.0 Å². The third-order valence-corrected chi connectivity index (χ3v) is 6.09. The van der Waals surface area contributed by atoms with Gasteiger partial charge in [0.25, 0.3) is 0 Å². The zero-order valence-electron chi connectivity index (χ0n) is 16.0. The number of nitrogens with zero attached hydrogens (tertiary/aromatic N) is 2. The van der Waals surface area contributed by atoms with E-state index in [1.165, 1.54) is 12.1 Å². The van der Waals surface area contributed by atoms with Crippen LogP contribution in [0.1, 0.15) is 29.0 Å². The standard InChI is InChI=1S/C22H22ClF3N2O/c1-14-5-6-17(23)12-20(14)27-7-9-28(10-8-27)21(29)19-13-18(19)15-3-2-4-16(11-15)22(24,25)26/h2-6,11-12,18-19H,7-10,13H2,1H3. The van der Waals surface area contributed by atoms with Crippen LogP contribution >= 0.6 is 11.6 Å². The molecule has 0 aromatic heterocycles. The van der Waals surface area contributed by atoms with E-state index < -0.39 is 11.7 Å². The Hall–Kier alpha value is -2.21. The summed E-state index contributed by atoms with van der Waals surface area (Å²) >= 11 is 6.12. The largest absolute Gasteiger partial charge is 0.416 e. The molecule has 0 spiro atoms. The maximum Gasteiger partial charge on any atom is 0.416 e. The summed E-state index contributed by atoms with van der Waals surface area (Å²) in [6.07, 6.45) is -3.74. The summed E-state index contributed by atoms with van der Waals surface area (Å²) in [7, 11) is 0. The lowest BCUT2D eigenvalue weighted by Gasteiger charge is -2.37. The Labute approximate surface area is 173 Å². The van der Waals surface area contributed by atoms with Gasteiger partial charge in [0, 0.05) is 42.8 Å². The molecule has 1 saturated carbocycles. The fraction of sp³-hybridized carbons (Fsp3) is 0.409. The van der Waals surface area contributed by atoms with Crippen molar-refractivity contribution in [3.05, 3.63) is 64.2 Å². The van der Waals surface area contributed by atoms with Crippen molar-refractivity contribution >= 4 is 23.2 Å². The smallest absolute Gasteiger partial charge is 0.368 e. The first-order chi connectivity index (χ1) is 13.7. The third-order valence-electron chi connectivity index (χ3n) is 5.85. The summed E-state index contributed by atoms with van der Waals surface area (Å²) < 4.78 is 38.8. The second-order valence-corrected chi connectivity index (χ2v) is 8.25. The summed E-state index contributed by atoms with van der Waals surface area (Å²) in [5, 5.41) is 0.686. The van der Waals surface area contributed by atoms with E-state index in [2.05, 4.69) is 4.90 Å². The second-order valence-electron chi connectivity index (χ2n) is 7.82. The molecule has 7 heteroatoms. The first kappa shape index (κ1) is 20.1. The number of carbonyl (C=O) groups is 1. The Morgan fingerprint density at radius 2 is 1.79 bits per heavy atom. The lowest BCUT2D eigenvalue weighted by molar-refractivity contribution is -0.137. The predicted octanol–water partition coefficient (Wildman–Crippen LogP) is 5.12. The van der Waals surface area contributed by atoms with Crippen molar-refractivity contribution in [1.29, 1.82) is 0 Å². The van der Waals surface area contributed by atoms with Crippen LogP contribution in [0.15, 0.2) is 42.5 Å². The van der Waals surface area contributed by atoms with Gasteiger partial charge in [-0.1, -0.05) is 35.9 Å². The number of hydrogen-bond donors (Lipinski definition) is 0. The number of anilines is 1. The lowest BCUT2D eigenvalue weighted by atomic mass is 10.0. The Balaban J connectivity index is 1.37. The van der Waals surface area contributed by atoms with Crippen LogP contribution in [0.25, 0.3) is 0 Å². The minimum Gasteiger partial charge on any atom is -0.368 e. The number of carbonyl (C=O) groups excluding carboxylic acids is 1. The van der Waals surface area contributed by atoms with E-state index in [0.29, 0.717) is 43.2 Å². The molecule has 2 aromatic carbocycles. The number of rotatable bonds is 3. The van der Waals surface area contributed by atoms with Crippen molar-refractivity contribution < 1.29 is 18.0 Å². The van der Waals surface area contributed by atoms with Gasteiger partial charge in [-0.05, 0) is 48.6 Å². The van der Waals surface area contributed by atoms with Crippen LogP contribution in [0.5, 0.6) is 0 Å². The summed E-state index contributed by atoms with van der Waals surface area (Å²) in [6.45, 7) is 4.68. The molecule has 1 saturated heterocycles. The molecule has 2 aliphatic rings. The SMILES string of the molecule is Cc1ccc(Cl)cc1N1CCN(C(=O)C2CC2c2cccc(C(F)(F)F)c2)CC1. The van der Waals surface area contributed by atoms with E-state index >= 15 is 0 Å². The molecule has 1 aliphatic carbocycles. The van der Waals surface area contributed by atoms with Crippen molar-refractivity contribution in [2.75, 3.05) is 31.1 Å². The topological polar surface area (TPSA) is 23.6 Å². The molecule has 2 atom stereocenters. The van der Waals surface area contributed by atoms with E-state index in [4.69, 9.17) is 11.6 Å². The van der Waals surface area contributed by atoms with E-state index in [1.54, 1.807) is 6.07 Å². The van der Waals surface area contributed by atoms with Crippen LogP contribution in [0, 0.1) is 12.8 Å². The van der Waals surface area contributed by atoms with Gasteiger partial charge in [0.15, 0.2) is 0 Å². The molecule has 3 nitrogen and oxygen atoms in total. The number of halogens is 4. The average Bonchev–Trinajstić information content (AvgIpc) is 3.50. The first-order valence-corrected chi connectivity index (χ1v) is 10.1. The van der Waals surface area contributed by atoms with E-state index in [0.717, 1.165) is 17.3 Å². The number of alkyl halides is 3. The summed E-state index contributed by atoms with van der Waals surface area (Å²) in [5.74, 6) is -0.272. The highest BCUT2D eigenvalue weighted by atomic mass is 35.5. The summed E-state index contributed by atoms with van der Waals surface area (Å²) in [4.78, 5) is 16.9. The molecule has 1 amide bonds. The molecule has 2 aromatic rings. The molecule has 154 valence electrons. The van der Waals surface area contributed by atoms with Crippen LogP contribution in [0.4, 0.5) is 18.9 Å². The van der Waals surface area contributed by atoms with Gasteiger partial charge in [-0.2, -0.15) is 13.2 Å². The number of piperazine rings is 1. The van der Waals surface area contributed by atoms with Crippen molar-refractivity contribution in [3.8, 4) is 0 Å². The lowest BCUT2D eigenvalue weighted by Crippen LogP contribution is -2.49. The second kappa shape index (κ2) is 7.56. The highest BCUT2D eigenvalue weighted by Crippen LogP contribution is 2.49. The molecular weight excluding hydrogens is 401 g/mol. The van der Waals surface area contributed by atoms with Crippen LogP contribution in [-0.4, -0.2) is 37.0 Å². The highest BCUT2D eigenvalue weighted by molar-refractivity contribution is 6.30. The summed E-state index contributed by atoms with van der Waals surface area (Å²) in [5.41, 5.74) is 2.17. The van der Waals surface area contributed by atoms with Crippen LogP contribution < -0.4 is 4.90 Å². The molecule has 2 fully saturated rings. The van der Waals surface area contributed by atoms with Crippen molar-refractivity contribution in [2.24, 2.45) is 5.92 Å². The quantitative estimate of drug-likeness (QED) is 0.685. The number of amides is 1. The molecule has 1 aliphatic heterocycles. The zero-order valence-corrected chi connectivity index (χ0v) is 16.8. The summed E-state index contributed by atoms with van der Waals surface area (Å²) in [6, 6.07) is 11.1. The minimum absolute atomic E-state index is 0.0508. The molecule has 29 heavy (non-hydrogen) atoms. The van der Waals surface area contributed by atoms with Gasteiger partial charge in [0.05, 0.1) is 5.56 Å². The fourth-order valence-electron chi connectivity index (χ4n) is 4.11. The number of hydrogen-bond acceptors (Lipinski definition) is 2. The van der Waals surface area contributed by atoms with Crippen molar-refractivity contribution in [3.63, 3.8) is 0 Å². The third kappa shape index (κ3) is 4.22. The molecule has 0 radical (unpaired) electrons. The Morgan fingerprint density at radius 1 is 1.07 bits per heavy atom. The van der Waals surface area contributed by atoms with Gasteiger partial charge in [-0.3, -0.25) is 4.79 Å². The predicted molar refractivity (Wildman–Crippen MR) is 107 cm³/mol. The van der Waals surface area contributed by atoms with Gasteiger partial charge in [-0.15, -0.1) is 0 Å². The van der Waals surface area contributed by atoms with Gasteiger partial charge in [0.1, 0.15) is 0 Å². The molecule has 2 unspecified atom stereocenters. The average molecular weight is 423 g/mol. The Morgan fingerprint density at radius 3 is 2.48 bits per heavy atom. The molecule has 0 bridgehead atoms. The normalized spacial score (nSPS) is 22.0. The highest BCUT2D eigenvalue weighted by Gasteiger charge is 2.46. The van der Waals surface area contributed by atoms with Crippen LogP contribution in [0.3, 0.4) is 0 Å². The van der Waals surface area contributed by atoms with Gasteiger partial charge in [-0.25, -0.2) is 0 Å². The monoisotopic (exact) mass is 422 g/mol. The maximum atomic E-state index is 12.9. The molecule has 4 rings (SSSR count). The molecule has 0 N–H and O–H groups in total. The minimum atomic E-state index is -4.36. The number of benzene rings is 2. The first-order valence-electron chi connectivity index (χ1n) is 9.71. The zero-order chi connectivity index (χ0) is 20.8. The Kier molecular flexibility index (Phi) is 5.23. The number of aryl methyl sites for hydroxylation is 1. The maximum absolute atomic E-state index is 12.9. The molecular formula is C22H22ClF3N2O. The Bertz CT molecular complexity index is 923. The van der Waals surface area contributed by atoms with Gasteiger partial charge < -0.3 is 9.80 Å². The fourth-order valence-corrected chi connectivity index (χ4v) is 4.27. The van der Waals surface area contributed by atoms with Crippen molar-refractivity contribution in [1.82, 2.24) is 4.90 Å².